The van der Waals surface area contributed by atoms with Crippen LogP contribution in [0.25, 0.3) is 11.6 Å². The van der Waals surface area contributed by atoms with Gasteiger partial charge in [0.2, 0.25) is 0 Å². The molecule has 0 radical (unpaired) electrons. The van der Waals surface area contributed by atoms with Crippen LogP contribution in [0.15, 0.2) is 18.2 Å². The van der Waals surface area contributed by atoms with E-state index in [-0.39, 0.29) is 11.5 Å². The Bertz CT molecular complexity index is 849. The third kappa shape index (κ3) is 2.09. The molecule has 0 fully saturated rings. The molecule has 112 valence electrons. The van der Waals surface area contributed by atoms with Crippen LogP contribution in [0.1, 0.15) is 32.9 Å². The van der Waals surface area contributed by atoms with Gasteiger partial charge in [0.05, 0.1) is 16.8 Å². The van der Waals surface area contributed by atoms with Gasteiger partial charge in [-0.25, -0.2) is 9.18 Å². The van der Waals surface area contributed by atoms with E-state index in [4.69, 9.17) is 0 Å². The van der Waals surface area contributed by atoms with Crippen LogP contribution in [0.5, 0.6) is 0 Å². The number of nitrogens with one attached hydrogen (secondary N) is 2. The normalized spacial score (nSPS) is 15.0. The number of halogens is 1. The number of anilines is 1. The van der Waals surface area contributed by atoms with Crippen molar-refractivity contribution in [2.75, 3.05) is 5.32 Å². The average Bonchev–Trinajstić information content (AvgIpc) is 2.87. The fraction of sp³-hybridized carbons (Fsp3) is 0.125. The van der Waals surface area contributed by atoms with Crippen molar-refractivity contribution < 1.29 is 19.1 Å². The molecule has 1 aromatic carbocycles. The minimum atomic E-state index is -1.02. The zero-order chi connectivity index (χ0) is 16.0. The number of carbonyl (C=O) groups is 2. The first-order valence-electron chi connectivity index (χ1n) is 6.64. The van der Waals surface area contributed by atoms with Crippen molar-refractivity contribution in [1.29, 1.82) is 0 Å². The van der Waals surface area contributed by atoms with Crippen molar-refractivity contribution >= 4 is 29.2 Å². The fourth-order valence-electron chi connectivity index (χ4n) is 2.69. The molecule has 3 rings (SSSR count). The van der Waals surface area contributed by atoms with Crippen molar-refractivity contribution in [1.82, 2.24) is 4.98 Å². The van der Waals surface area contributed by atoms with Crippen molar-refractivity contribution in [3.63, 3.8) is 0 Å². The van der Waals surface area contributed by atoms with Gasteiger partial charge < -0.3 is 15.4 Å². The molecule has 0 saturated carbocycles. The monoisotopic (exact) mass is 300 g/mol. The van der Waals surface area contributed by atoms with E-state index in [1.165, 1.54) is 18.2 Å². The van der Waals surface area contributed by atoms with Gasteiger partial charge in [-0.15, -0.1) is 0 Å². The number of aryl methyl sites for hydroxylation is 1. The van der Waals surface area contributed by atoms with Crippen LogP contribution < -0.4 is 5.32 Å². The Kier molecular flexibility index (Phi) is 3.09. The summed E-state index contributed by atoms with van der Waals surface area (Å²) in [7, 11) is 0. The summed E-state index contributed by atoms with van der Waals surface area (Å²) >= 11 is 0. The maximum atomic E-state index is 13.2. The topological polar surface area (TPSA) is 82.2 Å². The van der Waals surface area contributed by atoms with Crippen LogP contribution in [0.2, 0.25) is 0 Å². The summed E-state index contributed by atoms with van der Waals surface area (Å²) in [4.78, 5) is 26.3. The summed E-state index contributed by atoms with van der Waals surface area (Å²) in [5.41, 5.74) is 3.21. The lowest BCUT2D eigenvalue weighted by Gasteiger charge is -1.99. The van der Waals surface area contributed by atoms with Crippen LogP contribution >= 0.6 is 0 Å². The molecular formula is C16H13FN2O3. The van der Waals surface area contributed by atoms with E-state index >= 15 is 0 Å². The van der Waals surface area contributed by atoms with Gasteiger partial charge in [-0.1, -0.05) is 0 Å². The molecule has 1 aromatic heterocycles. The molecule has 0 aliphatic carbocycles. The lowest BCUT2D eigenvalue weighted by molar-refractivity contribution is -0.110. The molecule has 2 heterocycles. The highest BCUT2D eigenvalue weighted by Crippen LogP contribution is 2.34. The Labute approximate surface area is 125 Å². The third-order valence-corrected chi connectivity index (χ3v) is 3.74. The van der Waals surface area contributed by atoms with Gasteiger partial charge in [-0.05, 0) is 43.7 Å². The van der Waals surface area contributed by atoms with E-state index in [0.717, 1.165) is 0 Å². The number of fused-ring (bicyclic) bond motifs is 1. The highest BCUT2D eigenvalue weighted by molar-refractivity contribution is 6.34. The predicted molar refractivity (Wildman–Crippen MR) is 80.1 cm³/mol. The average molecular weight is 300 g/mol. The summed E-state index contributed by atoms with van der Waals surface area (Å²) < 4.78 is 13.2. The van der Waals surface area contributed by atoms with Gasteiger partial charge in [0, 0.05) is 17.0 Å². The number of rotatable bonds is 2. The zero-order valence-corrected chi connectivity index (χ0v) is 12.0. The minimum absolute atomic E-state index is 0.199. The van der Waals surface area contributed by atoms with E-state index in [2.05, 4.69) is 10.3 Å². The molecule has 2 aromatic rings. The maximum absolute atomic E-state index is 13.2. The molecule has 22 heavy (non-hydrogen) atoms. The van der Waals surface area contributed by atoms with Crippen molar-refractivity contribution in [3.05, 3.63) is 52.1 Å². The van der Waals surface area contributed by atoms with Crippen LogP contribution in [0, 0.1) is 19.7 Å². The summed E-state index contributed by atoms with van der Waals surface area (Å²) in [5, 5.41) is 11.8. The largest absolute Gasteiger partial charge is 0.478 e. The highest BCUT2D eigenvalue weighted by atomic mass is 19.1. The number of hydrogen-bond acceptors (Lipinski definition) is 2. The Morgan fingerprint density at radius 1 is 1.32 bits per heavy atom. The number of aromatic carboxylic acids is 1. The van der Waals surface area contributed by atoms with Gasteiger partial charge in [0.25, 0.3) is 5.91 Å². The highest BCUT2D eigenvalue weighted by Gasteiger charge is 2.25. The molecule has 3 N–H and O–H groups in total. The lowest BCUT2D eigenvalue weighted by atomic mass is 10.0. The number of aromatic nitrogens is 1. The molecule has 0 unspecified atom stereocenters. The van der Waals surface area contributed by atoms with Crippen LogP contribution in [-0.2, 0) is 4.79 Å². The Morgan fingerprint density at radius 2 is 2.05 bits per heavy atom. The van der Waals surface area contributed by atoms with E-state index < -0.39 is 11.8 Å². The molecule has 0 atom stereocenters. The summed E-state index contributed by atoms with van der Waals surface area (Å²) in [6.07, 6.45) is 1.59. The Hall–Kier alpha value is -2.89. The van der Waals surface area contributed by atoms with Gasteiger partial charge in [0.1, 0.15) is 5.82 Å². The van der Waals surface area contributed by atoms with Crippen LogP contribution in [0.3, 0.4) is 0 Å². The van der Waals surface area contributed by atoms with Crippen molar-refractivity contribution in [3.8, 4) is 0 Å². The van der Waals surface area contributed by atoms with Crippen molar-refractivity contribution in [2.45, 2.75) is 13.8 Å². The standard InChI is InChI=1S/C16H13FN2O3/c1-7-12(18-8(2)14(7)16(21)22)6-11-10-4-3-9(17)5-13(10)19-15(11)20/h3-6,18H,1-2H3,(H,19,20)(H,21,22). The third-order valence-electron chi connectivity index (χ3n) is 3.74. The molecule has 5 nitrogen and oxygen atoms in total. The molecule has 1 aliphatic heterocycles. The molecule has 0 bridgehead atoms. The molecule has 0 spiro atoms. The SMILES string of the molecule is Cc1[nH]c(C=C2C(=O)Nc3cc(F)ccc32)c(C)c1C(=O)O. The number of carboxylic acids is 1. The zero-order valence-electron chi connectivity index (χ0n) is 12.0. The number of carbonyl (C=O) groups excluding carboxylic acids is 1. The summed E-state index contributed by atoms with van der Waals surface area (Å²) in [6.45, 7) is 3.34. The fourth-order valence-corrected chi connectivity index (χ4v) is 2.69. The van der Waals surface area contributed by atoms with Gasteiger partial charge >= 0.3 is 5.97 Å². The van der Waals surface area contributed by atoms with Gasteiger partial charge in [-0.3, -0.25) is 4.79 Å². The number of amides is 1. The quantitative estimate of drug-likeness (QED) is 0.746. The second-order valence-corrected chi connectivity index (χ2v) is 5.17. The molecular weight excluding hydrogens is 287 g/mol. The molecule has 1 amide bonds. The van der Waals surface area contributed by atoms with Gasteiger partial charge in [0.15, 0.2) is 0 Å². The second-order valence-electron chi connectivity index (χ2n) is 5.17. The van der Waals surface area contributed by atoms with Crippen molar-refractivity contribution in [2.24, 2.45) is 0 Å². The number of benzene rings is 1. The maximum Gasteiger partial charge on any atom is 0.337 e. The number of hydrogen-bond donors (Lipinski definition) is 3. The number of carboxylic acid groups (broad SMARTS) is 1. The molecule has 0 saturated heterocycles. The van der Waals surface area contributed by atoms with E-state index in [1.807, 2.05) is 0 Å². The van der Waals surface area contributed by atoms with Gasteiger partial charge in [-0.2, -0.15) is 0 Å². The lowest BCUT2D eigenvalue weighted by Crippen LogP contribution is -2.03. The number of aromatic amines is 1. The first-order chi connectivity index (χ1) is 10.4. The molecule has 6 heteroatoms. The first-order valence-corrected chi connectivity index (χ1v) is 6.64. The predicted octanol–water partition coefficient (Wildman–Crippen LogP) is 2.96. The van der Waals surface area contributed by atoms with E-state index in [0.29, 0.717) is 33.8 Å². The van der Waals surface area contributed by atoms with Crippen LogP contribution in [0.4, 0.5) is 10.1 Å². The molecule has 1 aliphatic rings. The Balaban J connectivity index is 2.13. The Morgan fingerprint density at radius 3 is 2.68 bits per heavy atom. The summed E-state index contributed by atoms with van der Waals surface area (Å²) in [6, 6.07) is 4.06. The minimum Gasteiger partial charge on any atom is -0.478 e. The second kappa shape index (κ2) is 4.84. The summed E-state index contributed by atoms with van der Waals surface area (Å²) in [5.74, 6) is -1.79. The van der Waals surface area contributed by atoms with E-state index in [1.54, 1.807) is 19.9 Å². The van der Waals surface area contributed by atoms with Crippen LogP contribution in [-0.4, -0.2) is 22.0 Å². The smallest absolute Gasteiger partial charge is 0.337 e. The first kappa shape index (κ1) is 14.1. The van der Waals surface area contributed by atoms with E-state index in [9.17, 15) is 19.1 Å². The number of H-pyrrole nitrogens is 1.